The molecule has 0 aliphatic rings. The predicted molar refractivity (Wildman–Crippen MR) is 66.0 cm³/mol. The fraction of sp³-hybridized carbons (Fsp3) is 0.273. The van der Waals surface area contributed by atoms with E-state index in [0.29, 0.717) is 5.75 Å². The topological polar surface area (TPSA) is 77.3 Å². The van der Waals surface area contributed by atoms with Crippen LogP contribution in [0.1, 0.15) is 5.56 Å². The minimum atomic E-state index is -1.20. The molecule has 1 rings (SSSR count). The van der Waals surface area contributed by atoms with Crippen molar-refractivity contribution in [2.45, 2.75) is 20.0 Å². The molecule has 0 spiro atoms. The monoisotopic (exact) mass is 265 g/mol. The van der Waals surface area contributed by atoms with Gasteiger partial charge in [0.2, 0.25) is 0 Å². The van der Waals surface area contributed by atoms with Crippen LogP contribution in [0.4, 0.5) is 9.59 Å². The van der Waals surface area contributed by atoms with Crippen LogP contribution >= 0.6 is 0 Å². The first-order valence-corrected chi connectivity index (χ1v) is 7.61. The van der Waals surface area contributed by atoms with Crippen molar-refractivity contribution in [1.29, 1.82) is 0 Å². The summed E-state index contributed by atoms with van der Waals surface area (Å²) in [5.74, 6) is 0.380. The maximum Gasteiger partial charge on any atom is 0.458 e. The van der Waals surface area contributed by atoms with Gasteiger partial charge in [-0.15, -0.1) is 0 Å². The van der Waals surface area contributed by atoms with E-state index in [1.54, 1.807) is 38.2 Å². The maximum absolute atomic E-state index is 11.3. The second-order valence-electron chi connectivity index (χ2n) is 3.61. The lowest BCUT2D eigenvalue weighted by Crippen LogP contribution is -2.12. The van der Waals surface area contributed by atoms with Gasteiger partial charge >= 0.3 is 12.2 Å². The van der Waals surface area contributed by atoms with Crippen molar-refractivity contribution in [3.8, 4) is 5.75 Å². The number of para-hydroxylation sites is 1. The van der Waals surface area contributed by atoms with Gasteiger partial charge in [-0.1, -0.05) is 28.4 Å². The van der Waals surface area contributed by atoms with E-state index >= 15 is 0 Å². The number of aryl methyl sites for hydroxylation is 1. The van der Waals surface area contributed by atoms with E-state index in [9.17, 15) is 9.59 Å². The molecular formula is C11H13N2O4Si. The third-order valence-electron chi connectivity index (χ3n) is 1.80. The van der Waals surface area contributed by atoms with Gasteiger partial charge in [-0.05, 0) is 31.6 Å². The molecule has 0 N–H and O–H groups in total. The van der Waals surface area contributed by atoms with E-state index in [0.717, 1.165) is 5.56 Å². The van der Waals surface area contributed by atoms with E-state index in [4.69, 9.17) is 9.16 Å². The quantitative estimate of drug-likeness (QED) is 0.607. The molecular weight excluding hydrogens is 252 g/mol. The van der Waals surface area contributed by atoms with Crippen molar-refractivity contribution in [3.63, 3.8) is 0 Å². The number of ether oxygens (including phenoxy) is 1. The number of carbonyl (C=O) groups is 2. The van der Waals surface area contributed by atoms with Crippen LogP contribution < -0.4 is 4.74 Å². The molecule has 95 valence electrons. The summed E-state index contributed by atoms with van der Waals surface area (Å²) in [5.41, 5.74) is 0.788. The Morgan fingerprint density at radius 2 is 1.72 bits per heavy atom. The standard InChI is InChI=1S/C11H13N2O4Si/c1-8-6-4-5-7-9(8)16-10(14)12-13-11(15)17-18(2)3/h4-7H,1-3H3. The van der Waals surface area contributed by atoms with Gasteiger partial charge in [0.05, 0.1) is 0 Å². The highest BCUT2D eigenvalue weighted by Crippen LogP contribution is 2.16. The fourth-order valence-electron chi connectivity index (χ4n) is 1.06. The molecule has 0 saturated heterocycles. The Balaban J connectivity index is 2.55. The van der Waals surface area contributed by atoms with Crippen LogP contribution in [0.15, 0.2) is 34.5 Å². The maximum atomic E-state index is 11.3. The van der Waals surface area contributed by atoms with E-state index in [-0.39, 0.29) is 0 Å². The first-order valence-electron chi connectivity index (χ1n) is 5.20. The second kappa shape index (κ2) is 6.65. The molecule has 0 bridgehead atoms. The normalized spacial score (nSPS) is 10.7. The minimum Gasteiger partial charge on any atom is -0.500 e. The second-order valence-corrected chi connectivity index (χ2v) is 5.63. The summed E-state index contributed by atoms with van der Waals surface area (Å²) >= 11 is 0. The molecule has 6 nitrogen and oxygen atoms in total. The van der Waals surface area contributed by atoms with Crippen molar-refractivity contribution >= 4 is 21.2 Å². The smallest absolute Gasteiger partial charge is 0.458 e. The zero-order valence-corrected chi connectivity index (χ0v) is 11.3. The molecule has 0 aliphatic carbocycles. The van der Waals surface area contributed by atoms with Gasteiger partial charge in [-0.25, -0.2) is 9.59 Å². The summed E-state index contributed by atoms with van der Waals surface area (Å²) in [5, 5.41) is 6.22. The average Bonchev–Trinajstić information content (AvgIpc) is 2.29. The summed E-state index contributed by atoms with van der Waals surface area (Å²) < 4.78 is 9.67. The summed E-state index contributed by atoms with van der Waals surface area (Å²) in [4.78, 5) is 22.3. The first kappa shape index (κ1) is 14.0. The van der Waals surface area contributed by atoms with E-state index in [2.05, 4.69) is 10.2 Å². The number of hydrogen-bond acceptors (Lipinski definition) is 4. The molecule has 1 aromatic carbocycles. The fourth-order valence-corrected chi connectivity index (χ4v) is 1.45. The van der Waals surface area contributed by atoms with Crippen molar-refractivity contribution < 1.29 is 18.8 Å². The molecule has 2 amide bonds. The Kier molecular flexibility index (Phi) is 5.19. The number of nitrogens with zero attached hydrogens (tertiary/aromatic N) is 2. The molecule has 0 saturated carbocycles. The van der Waals surface area contributed by atoms with Gasteiger partial charge in [-0.3, -0.25) is 0 Å². The van der Waals surface area contributed by atoms with Crippen LogP contribution in [0.2, 0.25) is 13.1 Å². The van der Waals surface area contributed by atoms with Crippen molar-refractivity contribution in [2.24, 2.45) is 10.2 Å². The Morgan fingerprint density at radius 3 is 2.33 bits per heavy atom. The molecule has 7 heteroatoms. The highest BCUT2D eigenvalue weighted by atomic mass is 28.3. The zero-order valence-electron chi connectivity index (χ0n) is 10.3. The zero-order chi connectivity index (χ0) is 13.5. The molecule has 1 aromatic rings. The average molecular weight is 265 g/mol. The summed E-state index contributed by atoms with van der Waals surface area (Å²) in [6.07, 6.45) is -1.84. The predicted octanol–water partition coefficient (Wildman–Crippen LogP) is 3.33. The van der Waals surface area contributed by atoms with E-state index < -0.39 is 21.2 Å². The number of amides is 2. The van der Waals surface area contributed by atoms with Crippen LogP contribution in [0.3, 0.4) is 0 Å². The lowest BCUT2D eigenvalue weighted by Gasteiger charge is -2.03. The highest BCUT2D eigenvalue weighted by Gasteiger charge is 2.08. The third kappa shape index (κ3) is 4.87. The van der Waals surface area contributed by atoms with Gasteiger partial charge in [0.1, 0.15) is 5.75 Å². The summed E-state index contributed by atoms with van der Waals surface area (Å²) in [6.45, 7) is 5.32. The molecule has 0 aromatic heterocycles. The lowest BCUT2D eigenvalue weighted by molar-refractivity contribution is 0.200. The number of benzene rings is 1. The van der Waals surface area contributed by atoms with Gasteiger partial charge < -0.3 is 9.16 Å². The molecule has 0 fully saturated rings. The SMILES string of the molecule is Cc1ccccc1OC(=O)N=NC(=O)O[Si](C)C. The summed E-state index contributed by atoms with van der Waals surface area (Å²) in [7, 11) is -1.20. The van der Waals surface area contributed by atoms with Crippen LogP contribution in [0.5, 0.6) is 5.75 Å². The molecule has 1 radical (unpaired) electrons. The van der Waals surface area contributed by atoms with Crippen molar-refractivity contribution in [1.82, 2.24) is 0 Å². The van der Waals surface area contributed by atoms with Gasteiger partial charge in [0.15, 0.2) is 0 Å². The number of carbonyl (C=O) groups excluding carboxylic acids is 2. The Morgan fingerprint density at radius 1 is 1.11 bits per heavy atom. The van der Waals surface area contributed by atoms with Crippen LogP contribution in [0, 0.1) is 6.92 Å². The molecule has 0 unspecified atom stereocenters. The van der Waals surface area contributed by atoms with Gasteiger partial charge in [-0.2, -0.15) is 0 Å². The van der Waals surface area contributed by atoms with E-state index in [1.807, 2.05) is 6.07 Å². The van der Waals surface area contributed by atoms with E-state index in [1.165, 1.54) is 0 Å². The Labute approximate surface area is 106 Å². The van der Waals surface area contributed by atoms with Crippen molar-refractivity contribution in [2.75, 3.05) is 0 Å². The minimum absolute atomic E-state index is 0.380. The first-order chi connectivity index (χ1) is 8.49. The molecule has 0 atom stereocenters. The van der Waals surface area contributed by atoms with Crippen LogP contribution in [-0.4, -0.2) is 21.2 Å². The lowest BCUT2D eigenvalue weighted by atomic mass is 10.2. The van der Waals surface area contributed by atoms with Crippen LogP contribution in [-0.2, 0) is 4.43 Å². The largest absolute Gasteiger partial charge is 0.500 e. The van der Waals surface area contributed by atoms with Gasteiger partial charge in [0, 0.05) is 0 Å². The Hall–Kier alpha value is -2.02. The molecule has 0 heterocycles. The third-order valence-corrected chi connectivity index (χ3v) is 2.38. The number of rotatable bonds is 2. The molecule has 0 aliphatic heterocycles. The number of hydrogen-bond donors (Lipinski definition) is 0. The van der Waals surface area contributed by atoms with Gasteiger partial charge in [0.25, 0.3) is 9.04 Å². The molecule has 18 heavy (non-hydrogen) atoms. The number of azo groups is 1. The Bertz CT molecular complexity index is 474. The highest BCUT2D eigenvalue weighted by molar-refractivity contribution is 6.50. The van der Waals surface area contributed by atoms with Crippen molar-refractivity contribution in [3.05, 3.63) is 29.8 Å². The summed E-state index contributed by atoms with van der Waals surface area (Å²) in [6, 6.07) is 6.96. The van der Waals surface area contributed by atoms with Crippen LogP contribution in [0.25, 0.3) is 0 Å².